The first-order chi connectivity index (χ1) is 15.7. The van der Waals surface area contributed by atoms with Crippen molar-refractivity contribution in [1.29, 1.82) is 0 Å². The highest BCUT2D eigenvalue weighted by molar-refractivity contribution is 7.87. The van der Waals surface area contributed by atoms with Crippen LogP contribution in [0.3, 0.4) is 0 Å². The van der Waals surface area contributed by atoms with Crippen LogP contribution in [0.1, 0.15) is 12.8 Å². The minimum atomic E-state index is -6.79. The van der Waals surface area contributed by atoms with Gasteiger partial charge >= 0.3 is 57.5 Å². The molecule has 1 unspecified atom stereocenters. The van der Waals surface area contributed by atoms with Crippen LogP contribution in [0.5, 0.6) is 0 Å². The van der Waals surface area contributed by atoms with Gasteiger partial charge in [-0.3, -0.25) is 4.55 Å². The lowest BCUT2D eigenvalue weighted by molar-refractivity contribution is -0.369. The van der Waals surface area contributed by atoms with Gasteiger partial charge in [0.05, 0.1) is 6.61 Å². The molecule has 0 saturated heterocycles. The number of ether oxygens (including phenoxy) is 3. The molecule has 0 aliphatic heterocycles. The second-order valence-corrected chi connectivity index (χ2v) is 7.72. The minimum absolute atomic E-state index is 0.205. The van der Waals surface area contributed by atoms with Crippen molar-refractivity contribution in [2.75, 3.05) is 6.61 Å². The Balaban J connectivity index is 6.20. The predicted octanol–water partition coefficient (Wildman–Crippen LogP) is 3.92. The molecule has 0 aromatic heterocycles. The molecule has 0 aliphatic rings. The minimum Gasteiger partial charge on any atom is -0.438 e. The zero-order chi connectivity index (χ0) is 29.2. The third-order valence-electron chi connectivity index (χ3n) is 3.56. The molecule has 0 spiro atoms. The van der Waals surface area contributed by atoms with E-state index in [1.54, 1.807) is 0 Å². The maximum absolute atomic E-state index is 13.5. The second-order valence-electron chi connectivity index (χ2n) is 6.26. The summed E-state index contributed by atoms with van der Waals surface area (Å²) in [6, 6.07) is 0. The van der Waals surface area contributed by atoms with Gasteiger partial charge in [-0.2, -0.15) is 65.5 Å². The summed E-state index contributed by atoms with van der Waals surface area (Å²) >= 11 is 0. The Morgan fingerprint density at radius 3 is 1.67 bits per heavy atom. The molecule has 0 fully saturated rings. The molecule has 0 saturated carbocycles. The van der Waals surface area contributed by atoms with Crippen LogP contribution in [0, 0.1) is 0 Å². The van der Waals surface area contributed by atoms with E-state index >= 15 is 0 Å². The lowest BCUT2D eigenvalue weighted by Gasteiger charge is -2.34. The van der Waals surface area contributed by atoms with Gasteiger partial charge in [-0.05, 0) is 6.42 Å². The van der Waals surface area contributed by atoms with E-state index in [9.17, 15) is 75.1 Å². The van der Waals surface area contributed by atoms with Crippen LogP contribution >= 0.6 is 0 Å². The molecule has 0 aromatic rings. The zero-order valence-electron chi connectivity index (χ0n) is 16.6. The highest BCUT2D eigenvalue weighted by Crippen LogP contribution is 2.43. The van der Waals surface area contributed by atoms with Crippen molar-refractivity contribution >= 4 is 22.1 Å². The molecule has 0 bridgehead atoms. The van der Waals surface area contributed by atoms with Gasteiger partial charge in [-0.1, -0.05) is 6.58 Å². The largest absolute Gasteiger partial charge is 0.468 e. The number of carbonyl (C=O) groups is 2. The summed E-state index contributed by atoms with van der Waals surface area (Å²) in [5, 5.41) is -6.22. The van der Waals surface area contributed by atoms with E-state index in [1.807, 2.05) is 0 Å². The Morgan fingerprint density at radius 1 is 0.889 bits per heavy atom. The number of carbonyl (C=O) groups excluding carboxylic acids is 2. The molecular formula is C14H11F13O8S. The molecule has 36 heavy (non-hydrogen) atoms. The van der Waals surface area contributed by atoms with Crippen molar-refractivity contribution in [1.82, 2.24) is 0 Å². The average Bonchev–Trinajstić information content (AvgIpc) is 2.64. The summed E-state index contributed by atoms with van der Waals surface area (Å²) < 4.78 is 208. The monoisotopic (exact) mass is 586 g/mol. The number of hydrogen-bond donors (Lipinski definition) is 1. The van der Waals surface area contributed by atoms with Gasteiger partial charge in [0.2, 0.25) is 0 Å². The molecule has 0 heterocycles. The Kier molecular flexibility index (Phi) is 9.86. The number of esters is 2. The molecule has 8 nitrogen and oxygen atoms in total. The van der Waals surface area contributed by atoms with E-state index in [-0.39, 0.29) is 6.08 Å². The van der Waals surface area contributed by atoms with Crippen LogP contribution < -0.4 is 0 Å². The summed E-state index contributed by atoms with van der Waals surface area (Å²) in [5.41, 5.74) is 0. The molecule has 1 N–H and O–H groups in total. The number of halogens is 13. The van der Waals surface area contributed by atoms with Gasteiger partial charge in [-0.25, -0.2) is 9.59 Å². The maximum atomic E-state index is 13.5. The van der Waals surface area contributed by atoms with Crippen molar-refractivity contribution in [2.24, 2.45) is 0 Å². The van der Waals surface area contributed by atoms with E-state index < -0.39 is 83.1 Å². The van der Waals surface area contributed by atoms with Crippen LogP contribution in [0.25, 0.3) is 0 Å². The van der Waals surface area contributed by atoms with Crippen LogP contribution in [-0.2, 0) is 33.9 Å². The zero-order valence-corrected chi connectivity index (χ0v) is 17.4. The average molecular weight is 586 g/mol. The van der Waals surface area contributed by atoms with Crippen molar-refractivity contribution in [3.05, 3.63) is 12.7 Å². The van der Waals surface area contributed by atoms with Crippen molar-refractivity contribution in [3.63, 3.8) is 0 Å². The van der Waals surface area contributed by atoms with E-state index in [2.05, 4.69) is 20.8 Å². The number of alkyl halides is 13. The fourth-order valence-electron chi connectivity index (χ4n) is 1.92. The van der Waals surface area contributed by atoms with Crippen LogP contribution in [0.4, 0.5) is 57.1 Å². The molecule has 22 heteroatoms. The molecular weight excluding hydrogens is 575 g/mol. The first-order valence-corrected chi connectivity index (χ1v) is 9.74. The highest BCUT2D eigenvalue weighted by atomic mass is 32.2. The normalized spacial score (nSPS) is 15.9. The Bertz CT molecular complexity index is 909. The molecule has 212 valence electrons. The molecule has 0 rings (SSSR count). The Hall–Kier alpha value is -2.36. The predicted molar refractivity (Wildman–Crippen MR) is 83.7 cm³/mol. The second kappa shape index (κ2) is 10.6. The maximum Gasteiger partial charge on any atom is 0.468 e. The lowest BCUT2D eigenvalue weighted by atomic mass is 10.2. The molecule has 0 aromatic carbocycles. The summed E-state index contributed by atoms with van der Waals surface area (Å²) in [5.74, 6) is -17.3. The van der Waals surface area contributed by atoms with E-state index in [1.165, 1.54) is 0 Å². The summed E-state index contributed by atoms with van der Waals surface area (Å²) in [6.45, 7) is 0.406. The quantitative estimate of drug-likeness (QED) is 0.0968. The van der Waals surface area contributed by atoms with Crippen LogP contribution in [0.15, 0.2) is 12.7 Å². The van der Waals surface area contributed by atoms with Gasteiger partial charge in [0.25, 0.3) is 6.10 Å². The summed E-state index contributed by atoms with van der Waals surface area (Å²) in [7, 11) is -6.79. The standard InChI is InChI=1S/C14H11F13O8S/c1-2-6(28)35-10(13(23,24)25,8(29)34-7(11(17,18)19)12(20,21)22)33-5-3-4-9(15,16)14(26,27)36(30,31)32/h2,7H,1,3-5H2,(H,30,31,32). The summed E-state index contributed by atoms with van der Waals surface area (Å²) in [4.78, 5) is 23.0. The molecule has 1 atom stereocenters. The van der Waals surface area contributed by atoms with Crippen molar-refractivity contribution in [2.45, 2.75) is 54.4 Å². The van der Waals surface area contributed by atoms with Gasteiger partial charge in [0, 0.05) is 12.5 Å². The first-order valence-electron chi connectivity index (χ1n) is 8.30. The molecule has 0 aliphatic carbocycles. The molecule has 0 radical (unpaired) electrons. The Labute approximate surface area is 190 Å². The van der Waals surface area contributed by atoms with Gasteiger partial charge in [0.15, 0.2) is 0 Å². The fourth-order valence-corrected chi connectivity index (χ4v) is 2.40. The number of hydrogen-bond acceptors (Lipinski definition) is 7. The van der Waals surface area contributed by atoms with E-state index in [0.717, 1.165) is 0 Å². The lowest BCUT2D eigenvalue weighted by Crippen LogP contribution is -2.60. The van der Waals surface area contributed by atoms with Crippen LogP contribution in [-0.4, -0.2) is 73.1 Å². The van der Waals surface area contributed by atoms with Gasteiger partial charge in [-0.15, -0.1) is 0 Å². The first kappa shape index (κ1) is 33.6. The topological polar surface area (TPSA) is 116 Å². The van der Waals surface area contributed by atoms with Crippen LogP contribution in [0.2, 0.25) is 0 Å². The van der Waals surface area contributed by atoms with Crippen molar-refractivity contribution in [3.8, 4) is 0 Å². The summed E-state index contributed by atoms with van der Waals surface area (Å²) in [6.07, 6.45) is -29.5. The van der Waals surface area contributed by atoms with Gasteiger partial charge < -0.3 is 14.2 Å². The number of rotatable bonds is 11. The van der Waals surface area contributed by atoms with Crippen molar-refractivity contribution < 1.29 is 93.8 Å². The fraction of sp³-hybridized carbons (Fsp3) is 0.714. The SMILES string of the molecule is C=CC(=O)OC(OCCCC(F)(F)C(F)(F)S(=O)(=O)O)(C(=O)OC(C(F)(F)F)C(F)(F)F)C(F)(F)F. The van der Waals surface area contributed by atoms with Gasteiger partial charge in [0.1, 0.15) is 0 Å². The third kappa shape index (κ3) is 7.57. The Morgan fingerprint density at radius 2 is 1.33 bits per heavy atom. The molecule has 0 amide bonds. The highest BCUT2D eigenvalue weighted by Gasteiger charge is 2.71. The van der Waals surface area contributed by atoms with E-state index in [0.29, 0.717) is 0 Å². The third-order valence-corrected chi connectivity index (χ3v) is 4.51. The smallest absolute Gasteiger partial charge is 0.438 e. The van der Waals surface area contributed by atoms with E-state index in [4.69, 9.17) is 4.55 Å².